The second-order valence-corrected chi connectivity index (χ2v) is 34.6. The number of hydrogen-bond acceptors (Lipinski definition) is 13. The van der Waals surface area contributed by atoms with Crippen LogP contribution in [-0.2, 0) is 58.0 Å². The second-order valence-electron chi connectivity index (χ2n) is 24.9. The third-order valence-electron chi connectivity index (χ3n) is 16.1. The van der Waals surface area contributed by atoms with Crippen LogP contribution in [0.15, 0.2) is 206 Å². The van der Waals surface area contributed by atoms with E-state index in [4.69, 9.17) is 46.7 Å². The highest BCUT2D eigenvalue weighted by atomic mass is 28.4. The number of aliphatic hydroxyl groups is 1. The first-order chi connectivity index (χ1) is 42.1. The van der Waals surface area contributed by atoms with E-state index in [2.05, 4.69) is 67.7 Å². The maximum Gasteiger partial charge on any atom is 0.338 e. The highest BCUT2D eigenvalue weighted by Crippen LogP contribution is 2.44. The number of esters is 2. The summed E-state index contributed by atoms with van der Waals surface area (Å²) in [6.07, 6.45) is -1.61. The summed E-state index contributed by atoms with van der Waals surface area (Å²) < 4.78 is 65.9. The van der Waals surface area contributed by atoms with Crippen molar-refractivity contribution in [2.75, 3.05) is 19.8 Å². The van der Waals surface area contributed by atoms with Crippen LogP contribution in [0.5, 0.6) is 34.5 Å². The van der Waals surface area contributed by atoms with Crippen LogP contribution in [0.2, 0.25) is 36.3 Å². The van der Waals surface area contributed by atoms with E-state index in [1.165, 1.54) is 12.1 Å². The van der Waals surface area contributed by atoms with Crippen molar-refractivity contribution in [1.82, 2.24) is 0 Å². The van der Waals surface area contributed by atoms with Gasteiger partial charge < -0.3 is 51.9 Å². The number of rotatable bonds is 30. The molecule has 13 nitrogen and oxygen atoms in total. The zero-order valence-electron chi connectivity index (χ0n) is 52.4. The van der Waals surface area contributed by atoms with E-state index in [1.807, 2.05) is 182 Å². The molecule has 8 aromatic carbocycles. The fourth-order valence-electron chi connectivity index (χ4n) is 8.51. The van der Waals surface area contributed by atoms with Crippen molar-refractivity contribution in [3.05, 3.63) is 251 Å². The largest absolute Gasteiger partial charge is 0.485 e. The van der Waals surface area contributed by atoms with E-state index < -0.39 is 46.9 Å². The highest BCUT2D eigenvalue weighted by molar-refractivity contribution is 6.74. The van der Waals surface area contributed by atoms with Crippen LogP contribution in [0.3, 0.4) is 0 Å². The molecule has 0 saturated carbocycles. The first-order valence-electron chi connectivity index (χ1n) is 29.8. The van der Waals surface area contributed by atoms with Crippen LogP contribution >= 0.6 is 0 Å². The summed E-state index contributed by atoms with van der Waals surface area (Å²) >= 11 is 0. The molecular weight excluding hydrogens is 1140 g/mol. The van der Waals surface area contributed by atoms with E-state index >= 15 is 9.59 Å². The number of hydrogen-bond donors (Lipinski definition) is 1. The van der Waals surface area contributed by atoms with Crippen LogP contribution in [0.4, 0.5) is 0 Å². The van der Waals surface area contributed by atoms with Crippen LogP contribution in [0.25, 0.3) is 0 Å². The van der Waals surface area contributed by atoms with E-state index in [9.17, 15) is 5.11 Å². The molecule has 1 atom stereocenters. The molecule has 0 aliphatic rings. The summed E-state index contributed by atoms with van der Waals surface area (Å²) in [6.45, 7) is 20.4. The summed E-state index contributed by atoms with van der Waals surface area (Å²) in [7, 11) is -5.31. The van der Waals surface area contributed by atoms with Gasteiger partial charge in [0.25, 0.3) is 0 Å². The molecule has 462 valence electrons. The normalized spacial score (nSPS) is 12.4. The van der Waals surface area contributed by atoms with E-state index in [1.54, 1.807) is 12.1 Å². The molecule has 0 aromatic heterocycles. The Hall–Kier alpha value is -8.19. The topological polar surface area (TPSA) is 147 Å². The Bertz CT molecular complexity index is 3310. The predicted molar refractivity (Wildman–Crippen MR) is 348 cm³/mol. The van der Waals surface area contributed by atoms with Gasteiger partial charge in [-0.05, 0) is 93.9 Å². The van der Waals surface area contributed by atoms with Gasteiger partial charge in [-0.15, -0.1) is 0 Å². The standard InChI is InChI=1S/C73H84O13Si2/c1-71(2,3)87(7,8)84-52-73(76,53-85-88(9,10)72(4,5)6)66(86-70(75)61-43-64(79-47-56-33-21-13-22-34-56)68(82-50-59-39-27-16-28-40-59)65(44-61)80-48-57-35-23-14-24-36-57)51-83-69(74)60-41-62(77-45-54-29-17-11-18-30-54)67(81-49-58-37-25-15-26-38-58)63(42-60)78-46-55-31-19-12-20-32-55/h11-44,66,76H,45-53H2,1-10H3. The zero-order chi connectivity index (χ0) is 62.8. The first-order valence-corrected chi connectivity index (χ1v) is 35.6. The maximum atomic E-state index is 15.4. The molecule has 1 unspecified atom stereocenters. The molecule has 1 N–H and O–H groups in total. The van der Waals surface area contributed by atoms with Crippen LogP contribution < -0.4 is 28.4 Å². The fraction of sp³-hybridized carbons (Fsp3) is 0.315. The quantitative estimate of drug-likeness (QED) is 0.0337. The van der Waals surface area contributed by atoms with Crippen molar-refractivity contribution in [1.29, 1.82) is 0 Å². The average Bonchev–Trinajstić information content (AvgIpc) is 3.49. The van der Waals surface area contributed by atoms with Gasteiger partial charge in [0.05, 0.1) is 24.3 Å². The van der Waals surface area contributed by atoms with E-state index in [0.29, 0.717) is 0 Å². The minimum atomic E-state index is -2.65. The van der Waals surface area contributed by atoms with Crippen molar-refractivity contribution in [2.45, 2.75) is 129 Å². The number of carbonyl (C=O) groups is 2. The monoisotopic (exact) mass is 1220 g/mol. The lowest BCUT2D eigenvalue weighted by atomic mass is 9.99. The van der Waals surface area contributed by atoms with Crippen molar-refractivity contribution in [2.24, 2.45) is 0 Å². The molecule has 0 radical (unpaired) electrons. The summed E-state index contributed by atoms with van der Waals surface area (Å²) in [6, 6.07) is 64.1. The number of ether oxygens (including phenoxy) is 8. The maximum absolute atomic E-state index is 15.4. The van der Waals surface area contributed by atoms with Gasteiger partial charge in [-0.2, -0.15) is 0 Å². The molecule has 0 amide bonds. The third kappa shape index (κ3) is 18.7. The summed E-state index contributed by atoms with van der Waals surface area (Å²) in [5.41, 5.74) is 3.20. The van der Waals surface area contributed by atoms with Gasteiger partial charge >= 0.3 is 11.9 Å². The lowest BCUT2D eigenvalue weighted by Crippen LogP contribution is -2.59. The average molecular weight is 1230 g/mol. The lowest BCUT2D eigenvalue weighted by Gasteiger charge is -2.43. The zero-order valence-corrected chi connectivity index (χ0v) is 54.4. The lowest BCUT2D eigenvalue weighted by molar-refractivity contribution is -0.142. The Morgan fingerprint density at radius 1 is 0.386 bits per heavy atom. The van der Waals surface area contributed by atoms with Gasteiger partial charge in [-0.1, -0.05) is 224 Å². The Balaban J connectivity index is 1.21. The first kappa shape index (κ1) is 65.8. The molecule has 8 aromatic rings. The molecule has 15 heteroatoms. The minimum absolute atomic E-state index is 0.000930. The summed E-state index contributed by atoms with van der Waals surface area (Å²) in [5.74, 6) is -0.366. The molecule has 0 fully saturated rings. The van der Waals surface area contributed by atoms with Gasteiger partial charge in [-0.25, -0.2) is 9.59 Å². The Morgan fingerprint density at radius 3 is 0.898 bits per heavy atom. The highest BCUT2D eigenvalue weighted by Gasteiger charge is 2.48. The van der Waals surface area contributed by atoms with Gasteiger partial charge in [-0.3, -0.25) is 0 Å². The minimum Gasteiger partial charge on any atom is -0.485 e. The summed E-state index contributed by atoms with van der Waals surface area (Å²) in [5, 5.41) is 12.9. The Kier molecular flexibility index (Phi) is 22.5. The van der Waals surface area contributed by atoms with Crippen LogP contribution in [-0.4, -0.2) is 65.2 Å². The molecule has 0 aliphatic carbocycles. The molecule has 0 aliphatic heterocycles. The van der Waals surface area contributed by atoms with Crippen molar-refractivity contribution in [3.8, 4) is 34.5 Å². The third-order valence-corrected chi connectivity index (χ3v) is 25.1. The van der Waals surface area contributed by atoms with Crippen LogP contribution in [0, 0.1) is 0 Å². The van der Waals surface area contributed by atoms with Crippen molar-refractivity contribution in [3.63, 3.8) is 0 Å². The SMILES string of the molecule is CC(C)(C)[Si](C)(C)OCC(O)(CO[Si](C)(C)C(C)(C)C)C(COC(=O)c1cc(OCc2ccccc2)c(OCc2ccccc2)c(OCc2ccccc2)c1)OC(=O)c1cc(OCc2ccccc2)c(OCc2ccccc2)c(OCc2ccccc2)c1. The predicted octanol–water partition coefficient (Wildman–Crippen LogP) is 16.3. The van der Waals surface area contributed by atoms with Crippen LogP contribution in [0.1, 0.15) is 95.6 Å². The van der Waals surface area contributed by atoms with E-state index in [0.717, 1.165) is 33.4 Å². The molecule has 0 bridgehead atoms. The summed E-state index contributed by atoms with van der Waals surface area (Å²) in [4.78, 5) is 30.5. The van der Waals surface area contributed by atoms with Gasteiger partial charge in [0.15, 0.2) is 45.7 Å². The second kappa shape index (κ2) is 30.1. The number of benzene rings is 8. The van der Waals surface area contributed by atoms with Crippen molar-refractivity contribution < 1.29 is 61.4 Å². The number of carbonyl (C=O) groups excluding carboxylic acids is 2. The van der Waals surface area contributed by atoms with Gasteiger partial charge in [0.1, 0.15) is 51.8 Å². The Labute approximate surface area is 521 Å². The van der Waals surface area contributed by atoms with Gasteiger partial charge in [0.2, 0.25) is 11.5 Å². The molecule has 0 spiro atoms. The smallest absolute Gasteiger partial charge is 0.338 e. The van der Waals surface area contributed by atoms with Gasteiger partial charge in [0, 0.05) is 0 Å². The molecule has 0 saturated heterocycles. The fourth-order valence-corrected chi connectivity index (χ4v) is 10.6. The van der Waals surface area contributed by atoms with Crippen molar-refractivity contribution >= 4 is 28.6 Å². The molecule has 0 heterocycles. The Morgan fingerprint density at radius 2 is 0.636 bits per heavy atom. The molecule has 88 heavy (non-hydrogen) atoms. The van der Waals surface area contributed by atoms with E-state index in [-0.39, 0.29) is 109 Å². The molecular formula is C73H84O13Si2. The molecule has 8 rings (SSSR count).